The van der Waals surface area contributed by atoms with Crippen molar-refractivity contribution in [3.8, 4) is 5.75 Å². The maximum atomic E-state index is 14.1. The normalized spacial score (nSPS) is 14.8. The smallest absolute Gasteiger partial charge is 0.336 e. The number of barbiturate groups is 1. The number of nitro benzene ring substituents is 1. The zero-order chi connectivity index (χ0) is 24.2. The summed E-state index contributed by atoms with van der Waals surface area (Å²) in [7, 11) is 0. The molecule has 3 aromatic rings. The van der Waals surface area contributed by atoms with E-state index in [9.17, 15) is 28.9 Å². The molecule has 0 bridgehead atoms. The standard InChI is InChI=1S/C24H16FN3O6/c25-20-3-1-2-4-21(20)27-23(30)19(22(29)26-24(27)31)13-15-7-11-18(12-8-15)34-14-16-5-9-17(10-6-16)28(32)33/h1-13H,14H2,(H,26,29,31). The Morgan fingerprint density at radius 3 is 2.29 bits per heavy atom. The van der Waals surface area contributed by atoms with Gasteiger partial charge in [0.25, 0.3) is 17.5 Å². The van der Waals surface area contributed by atoms with E-state index in [4.69, 9.17) is 4.74 Å². The van der Waals surface area contributed by atoms with Gasteiger partial charge in [-0.05, 0) is 53.6 Å². The zero-order valence-electron chi connectivity index (χ0n) is 17.4. The monoisotopic (exact) mass is 461 g/mol. The minimum atomic E-state index is -1.03. The number of benzene rings is 3. The molecule has 3 aromatic carbocycles. The highest BCUT2D eigenvalue weighted by Crippen LogP contribution is 2.25. The molecule has 1 heterocycles. The molecule has 1 saturated heterocycles. The number of ether oxygens (including phenoxy) is 1. The topological polar surface area (TPSA) is 119 Å². The van der Waals surface area contributed by atoms with Crippen molar-refractivity contribution in [1.29, 1.82) is 0 Å². The Morgan fingerprint density at radius 1 is 0.971 bits per heavy atom. The third kappa shape index (κ3) is 4.65. The molecular weight excluding hydrogens is 445 g/mol. The number of para-hydroxylation sites is 1. The first-order valence-corrected chi connectivity index (χ1v) is 9.95. The second kappa shape index (κ2) is 9.33. The van der Waals surface area contributed by atoms with Gasteiger partial charge in [-0.25, -0.2) is 14.1 Å². The number of carbonyl (C=O) groups is 3. The summed E-state index contributed by atoms with van der Waals surface area (Å²) in [6.45, 7) is 0.180. The average Bonchev–Trinajstić information content (AvgIpc) is 2.82. The van der Waals surface area contributed by atoms with Crippen molar-refractivity contribution in [2.45, 2.75) is 6.61 Å². The number of hydrogen-bond acceptors (Lipinski definition) is 6. The van der Waals surface area contributed by atoms with Gasteiger partial charge in [0, 0.05) is 12.1 Å². The number of imide groups is 2. The highest BCUT2D eigenvalue weighted by Gasteiger charge is 2.37. The van der Waals surface area contributed by atoms with E-state index in [1.807, 2.05) is 5.32 Å². The van der Waals surface area contributed by atoms with Crippen LogP contribution in [0.25, 0.3) is 6.08 Å². The summed E-state index contributed by atoms with van der Waals surface area (Å²) < 4.78 is 19.8. The molecule has 0 aromatic heterocycles. The first kappa shape index (κ1) is 22.3. The van der Waals surface area contributed by atoms with Crippen LogP contribution in [-0.4, -0.2) is 22.8 Å². The number of carbonyl (C=O) groups excluding carboxylic acids is 3. The molecule has 1 aliphatic rings. The molecule has 0 radical (unpaired) electrons. The Hall–Kier alpha value is -4.86. The van der Waals surface area contributed by atoms with Crippen molar-refractivity contribution in [3.05, 3.63) is 105 Å². The molecule has 4 amide bonds. The Labute approximate surface area is 192 Å². The number of anilines is 1. The van der Waals surface area contributed by atoms with Crippen molar-refractivity contribution < 1.29 is 28.4 Å². The Kier molecular flexibility index (Phi) is 6.13. The summed E-state index contributed by atoms with van der Waals surface area (Å²) in [6, 6.07) is 16.6. The van der Waals surface area contributed by atoms with Crippen LogP contribution in [0.3, 0.4) is 0 Å². The van der Waals surface area contributed by atoms with Crippen molar-refractivity contribution in [2.75, 3.05) is 4.90 Å². The largest absolute Gasteiger partial charge is 0.489 e. The van der Waals surface area contributed by atoms with Gasteiger partial charge in [-0.2, -0.15) is 0 Å². The summed E-state index contributed by atoms with van der Waals surface area (Å²) in [5, 5.41) is 12.8. The Bertz CT molecular complexity index is 1320. The summed E-state index contributed by atoms with van der Waals surface area (Å²) in [6.07, 6.45) is 1.29. The fourth-order valence-electron chi connectivity index (χ4n) is 3.22. The minimum Gasteiger partial charge on any atom is -0.489 e. The highest BCUT2D eigenvalue weighted by atomic mass is 19.1. The van der Waals surface area contributed by atoms with Gasteiger partial charge in [-0.1, -0.05) is 24.3 Å². The first-order valence-electron chi connectivity index (χ1n) is 9.95. The molecule has 9 nitrogen and oxygen atoms in total. The van der Waals surface area contributed by atoms with Gasteiger partial charge in [-0.3, -0.25) is 25.0 Å². The molecule has 0 aliphatic carbocycles. The third-order valence-corrected chi connectivity index (χ3v) is 4.94. The van der Waals surface area contributed by atoms with E-state index in [0.29, 0.717) is 16.2 Å². The zero-order valence-corrected chi connectivity index (χ0v) is 17.4. The van der Waals surface area contributed by atoms with E-state index in [1.165, 1.54) is 36.4 Å². The highest BCUT2D eigenvalue weighted by molar-refractivity contribution is 6.39. The lowest BCUT2D eigenvalue weighted by Gasteiger charge is -2.26. The lowest BCUT2D eigenvalue weighted by molar-refractivity contribution is -0.384. The number of nitrogens with one attached hydrogen (secondary N) is 1. The third-order valence-electron chi connectivity index (χ3n) is 4.94. The van der Waals surface area contributed by atoms with Crippen LogP contribution in [0.2, 0.25) is 0 Å². The second-order valence-electron chi connectivity index (χ2n) is 7.19. The van der Waals surface area contributed by atoms with Crippen LogP contribution >= 0.6 is 0 Å². The lowest BCUT2D eigenvalue weighted by Crippen LogP contribution is -2.54. The number of hydrogen-bond donors (Lipinski definition) is 1. The summed E-state index contributed by atoms with van der Waals surface area (Å²) in [5.74, 6) is -2.13. The van der Waals surface area contributed by atoms with Gasteiger partial charge in [0.15, 0.2) is 0 Å². The molecule has 0 unspecified atom stereocenters. The fourth-order valence-corrected chi connectivity index (χ4v) is 3.22. The van der Waals surface area contributed by atoms with Crippen LogP contribution in [0.1, 0.15) is 11.1 Å². The van der Waals surface area contributed by atoms with E-state index in [-0.39, 0.29) is 23.6 Å². The maximum absolute atomic E-state index is 14.1. The van der Waals surface area contributed by atoms with E-state index in [2.05, 4.69) is 0 Å². The number of amides is 4. The second-order valence-corrected chi connectivity index (χ2v) is 7.19. The molecule has 34 heavy (non-hydrogen) atoms. The first-order chi connectivity index (χ1) is 16.3. The fraction of sp³-hybridized carbons (Fsp3) is 0.0417. The number of urea groups is 1. The lowest BCUT2D eigenvalue weighted by atomic mass is 10.1. The van der Waals surface area contributed by atoms with Gasteiger partial charge in [0.05, 0.1) is 10.6 Å². The molecule has 4 rings (SSSR count). The van der Waals surface area contributed by atoms with Gasteiger partial charge in [0.1, 0.15) is 23.7 Å². The van der Waals surface area contributed by atoms with Crippen molar-refractivity contribution in [3.63, 3.8) is 0 Å². The van der Waals surface area contributed by atoms with Crippen LogP contribution < -0.4 is 15.0 Å². The van der Waals surface area contributed by atoms with Crippen LogP contribution in [0.4, 0.5) is 20.6 Å². The van der Waals surface area contributed by atoms with Crippen molar-refractivity contribution in [1.82, 2.24) is 5.32 Å². The number of nitro groups is 1. The van der Waals surface area contributed by atoms with Crippen molar-refractivity contribution in [2.24, 2.45) is 0 Å². The van der Waals surface area contributed by atoms with Gasteiger partial charge >= 0.3 is 6.03 Å². The number of nitrogens with zero attached hydrogens (tertiary/aromatic N) is 2. The summed E-state index contributed by atoms with van der Waals surface area (Å²) >= 11 is 0. The van der Waals surface area contributed by atoms with Crippen LogP contribution in [0.15, 0.2) is 78.4 Å². The van der Waals surface area contributed by atoms with Crippen LogP contribution in [0, 0.1) is 15.9 Å². The molecule has 1 N–H and O–H groups in total. The van der Waals surface area contributed by atoms with Gasteiger partial charge in [0.2, 0.25) is 0 Å². The predicted molar refractivity (Wildman–Crippen MR) is 119 cm³/mol. The molecule has 170 valence electrons. The number of non-ortho nitro benzene ring substituents is 1. The molecule has 1 fully saturated rings. The van der Waals surface area contributed by atoms with Crippen molar-refractivity contribution >= 4 is 35.3 Å². The van der Waals surface area contributed by atoms with E-state index >= 15 is 0 Å². The van der Waals surface area contributed by atoms with Crippen LogP contribution in [-0.2, 0) is 16.2 Å². The Morgan fingerprint density at radius 2 is 1.65 bits per heavy atom. The Balaban J connectivity index is 1.49. The van der Waals surface area contributed by atoms with Gasteiger partial charge in [-0.15, -0.1) is 0 Å². The van der Waals surface area contributed by atoms with Gasteiger partial charge < -0.3 is 4.74 Å². The molecular formula is C24H16FN3O6. The average molecular weight is 461 g/mol. The van der Waals surface area contributed by atoms with E-state index in [0.717, 1.165) is 11.6 Å². The molecule has 0 spiro atoms. The number of halogens is 1. The molecule has 1 aliphatic heterocycles. The SMILES string of the molecule is O=C1NC(=O)N(c2ccccc2F)C(=O)C1=Cc1ccc(OCc2ccc([N+](=O)[O-])cc2)cc1. The quantitative estimate of drug-likeness (QED) is 0.257. The van der Waals surface area contributed by atoms with E-state index < -0.39 is 28.6 Å². The number of rotatable bonds is 6. The minimum absolute atomic E-state index is 0.0160. The summed E-state index contributed by atoms with van der Waals surface area (Å²) in [4.78, 5) is 48.1. The van der Waals surface area contributed by atoms with Crippen LogP contribution in [0.5, 0.6) is 5.75 Å². The predicted octanol–water partition coefficient (Wildman–Crippen LogP) is 3.98. The maximum Gasteiger partial charge on any atom is 0.336 e. The van der Waals surface area contributed by atoms with E-state index in [1.54, 1.807) is 36.4 Å². The molecule has 10 heteroatoms. The molecule has 0 saturated carbocycles. The molecule has 0 atom stereocenters. The summed E-state index contributed by atoms with van der Waals surface area (Å²) in [5.41, 5.74) is 0.599.